The molecule has 1 aromatic rings. The summed E-state index contributed by atoms with van der Waals surface area (Å²) in [7, 11) is 0. The monoisotopic (exact) mass is 146 g/mol. The second-order valence-electron chi connectivity index (χ2n) is 2.71. The highest BCUT2D eigenvalue weighted by Crippen LogP contribution is 2.24. The van der Waals surface area contributed by atoms with E-state index in [2.05, 4.69) is 16.0 Å². The number of rotatable bonds is 1. The van der Waals surface area contributed by atoms with Crippen molar-refractivity contribution >= 4 is 6.21 Å². The topological polar surface area (TPSA) is 25.2 Å². The molecule has 0 N–H and O–H groups in total. The minimum absolute atomic E-state index is 0.378. The van der Waals surface area contributed by atoms with Crippen LogP contribution in [-0.2, 0) is 0 Å². The summed E-state index contributed by atoms with van der Waals surface area (Å²) in [4.78, 5) is 8.40. The summed E-state index contributed by atoms with van der Waals surface area (Å²) in [6.45, 7) is 0. The molecule has 1 aromatic heterocycles. The zero-order valence-electron chi connectivity index (χ0n) is 6.27. The van der Waals surface area contributed by atoms with Crippen LogP contribution in [0.25, 0.3) is 0 Å². The van der Waals surface area contributed by atoms with Crippen molar-refractivity contribution in [1.29, 1.82) is 0 Å². The molecule has 0 aromatic carbocycles. The Morgan fingerprint density at radius 3 is 3.09 bits per heavy atom. The molecule has 1 atom stereocenters. The van der Waals surface area contributed by atoms with E-state index in [0.29, 0.717) is 6.04 Å². The molecule has 2 rings (SSSR count). The zero-order valence-corrected chi connectivity index (χ0v) is 6.27. The lowest BCUT2D eigenvalue weighted by Gasteiger charge is -2.04. The summed E-state index contributed by atoms with van der Waals surface area (Å²) < 4.78 is 0. The molecule has 0 saturated heterocycles. The Balaban J connectivity index is 2.23. The average Bonchev–Trinajstić information content (AvgIpc) is 2.58. The summed E-state index contributed by atoms with van der Waals surface area (Å²) in [5.41, 5.74) is 1.24. The molecule has 2 nitrogen and oxygen atoms in total. The molecule has 2 heterocycles. The van der Waals surface area contributed by atoms with Crippen LogP contribution in [0.15, 0.2) is 29.5 Å². The predicted molar refractivity (Wildman–Crippen MR) is 44.7 cm³/mol. The lowest BCUT2D eigenvalue weighted by atomic mass is 10.1. The fraction of sp³-hybridized carbons (Fsp3) is 0.333. The van der Waals surface area contributed by atoms with Crippen molar-refractivity contribution in [2.75, 3.05) is 0 Å². The molecule has 0 amide bonds. The molecule has 11 heavy (non-hydrogen) atoms. The first-order valence-electron chi connectivity index (χ1n) is 3.88. The van der Waals surface area contributed by atoms with Gasteiger partial charge >= 0.3 is 0 Å². The molecular weight excluding hydrogens is 136 g/mol. The highest BCUT2D eigenvalue weighted by Gasteiger charge is 2.11. The molecule has 2 heteroatoms. The number of hydrogen-bond acceptors (Lipinski definition) is 2. The average molecular weight is 146 g/mol. The Bertz CT molecular complexity index is 254. The van der Waals surface area contributed by atoms with Gasteiger partial charge in [-0.15, -0.1) is 0 Å². The minimum Gasteiger partial charge on any atom is -0.289 e. The van der Waals surface area contributed by atoms with Crippen molar-refractivity contribution in [1.82, 2.24) is 4.98 Å². The molecule has 0 aliphatic carbocycles. The lowest BCUT2D eigenvalue weighted by molar-refractivity contribution is 0.719. The zero-order chi connectivity index (χ0) is 7.52. The largest absolute Gasteiger partial charge is 0.289 e. The van der Waals surface area contributed by atoms with Crippen molar-refractivity contribution in [3.63, 3.8) is 0 Å². The molecule has 0 spiro atoms. The van der Waals surface area contributed by atoms with Gasteiger partial charge < -0.3 is 0 Å². The molecule has 0 bridgehead atoms. The Kier molecular flexibility index (Phi) is 1.68. The Labute approximate surface area is 66.0 Å². The van der Waals surface area contributed by atoms with Gasteiger partial charge in [-0.1, -0.05) is 6.07 Å². The van der Waals surface area contributed by atoms with Gasteiger partial charge in [0.05, 0.1) is 6.04 Å². The third kappa shape index (κ3) is 1.29. The van der Waals surface area contributed by atoms with E-state index < -0.39 is 0 Å². The first-order chi connectivity index (χ1) is 5.47. The van der Waals surface area contributed by atoms with Crippen LogP contribution in [0.3, 0.4) is 0 Å². The van der Waals surface area contributed by atoms with Crippen LogP contribution in [-0.4, -0.2) is 11.2 Å². The number of hydrogen-bond donors (Lipinski definition) is 0. The summed E-state index contributed by atoms with van der Waals surface area (Å²) in [6, 6.07) is 4.42. The third-order valence-electron chi connectivity index (χ3n) is 1.92. The van der Waals surface area contributed by atoms with Gasteiger partial charge in [0.1, 0.15) is 0 Å². The second-order valence-corrected chi connectivity index (χ2v) is 2.71. The van der Waals surface area contributed by atoms with E-state index in [4.69, 9.17) is 0 Å². The summed E-state index contributed by atoms with van der Waals surface area (Å²) in [5, 5.41) is 0. The smallest absolute Gasteiger partial charge is 0.0763 e. The molecule has 1 aliphatic heterocycles. The second kappa shape index (κ2) is 2.82. The fourth-order valence-corrected chi connectivity index (χ4v) is 1.33. The van der Waals surface area contributed by atoms with Crippen molar-refractivity contribution < 1.29 is 0 Å². The van der Waals surface area contributed by atoms with Gasteiger partial charge in [0.15, 0.2) is 0 Å². The number of pyridine rings is 1. The summed E-state index contributed by atoms with van der Waals surface area (Å²) in [6.07, 6.45) is 7.94. The van der Waals surface area contributed by atoms with Crippen LogP contribution in [0.2, 0.25) is 0 Å². The molecule has 1 aliphatic rings. The van der Waals surface area contributed by atoms with E-state index in [0.717, 1.165) is 12.8 Å². The normalized spacial score (nSPS) is 22.4. The highest BCUT2D eigenvalue weighted by atomic mass is 14.8. The van der Waals surface area contributed by atoms with E-state index >= 15 is 0 Å². The van der Waals surface area contributed by atoms with E-state index in [-0.39, 0.29) is 0 Å². The predicted octanol–water partition coefficient (Wildman–Crippen LogP) is 1.99. The van der Waals surface area contributed by atoms with Crippen LogP contribution in [0, 0.1) is 0 Å². The van der Waals surface area contributed by atoms with E-state index in [1.165, 1.54) is 5.56 Å². The van der Waals surface area contributed by atoms with Gasteiger partial charge in [0.25, 0.3) is 0 Å². The van der Waals surface area contributed by atoms with Gasteiger partial charge in [0.2, 0.25) is 0 Å². The van der Waals surface area contributed by atoms with Gasteiger partial charge in [-0.2, -0.15) is 0 Å². The number of aromatic nitrogens is 1. The Morgan fingerprint density at radius 2 is 2.45 bits per heavy atom. The number of aliphatic imine (C=N–C) groups is 1. The highest BCUT2D eigenvalue weighted by molar-refractivity contribution is 5.60. The Morgan fingerprint density at radius 1 is 1.45 bits per heavy atom. The lowest BCUT2D eigenvalue weighted by Crippen LogP contribution is -1.90. The van der Waals surface area contributed by atoms with Gasteiger partial charge in [0, 0.05) is 12.4 Å². The van der Waals surface area contributed by atoms with E-state index in [1.807, 2.05) is 18.5 Å². The van der Waals surface area contributed by atoms with Crippen molar-refractivity contribution in [3.8, 4) is 0 Å². The first kappa shape index (κ1) is 6.53. The minimum atomic E-state index is 0.378. The SMILES string of the molecule is C1=N[C@@H](c2cccnc2)CC1. The molecular formula is C9H10N2. The fourth-order valence-electron chi connectivity index (χ4n) is 1.33. The Hall–Kier alpha value is -1.18. The number of nitrogens with zero attached hydrogens (tertiary/aromatic N) is 2. The van der Waals surface area contributed by atoms with Crippen LogP contribution in [0.1, 0.15) is 24.4 Å². The first-order valence-corrected chi connectivity index (χ1v) is 3.88. The molecule has 0 saturated carbocycles. The molecule has 0 radical (unpaired) electrons. The van der Waals surface area contributed by atoms with Crippen LogP contribution in [0.5, 0.6) is 0 Å². The van der Waals surface area contributed by atoms with Gasteiger partial charge in [-0.3, -0.25) is 9.98 Å². The maximum atomic E-state index is 4.34. The summed E-state index contributed by atoms with van der Waals surface area (Å²) in [5.74, 6) is 0. The molecule has 0 unspecified atom stereocenters. The maximum Gasteiger partial charge on any atom is 0.0763 e. The molecule has 56 valence electrons. The summed E-state index contributed by atoms with van der Waals surface area (Å²) >= 11 is 0. The van der Waals surface area contributed by atoms with Crippen molar-refractivity contribution in [2.45, 2.75) is 18.9 Å². The molecule has 0 fully saturated rings. The van der Waals surface area contributed by atoms with Crippen LogP contribution >= 0.6 is 0 Å². The van der Waals surface area contributed by atoms with Crippen LogP contribution < -0.4 is 0 Å². The quantitative estimate of drug-likeness (QED) is 0.594. The van der Waals surface area contributed by atoms with E-state index in [9.17, 15) is 0 Å². The third-order valence-corrected chi connectivity index (χ3v) is 1.92. The maximum absolute atomic E-state index is 4.34. The van der Waals surface area contributed by atoms with Crippen molar-refractivity contribution in [3.05, 3.63) is 30.1 Å². The van der Waals surface area contributed by atoms with E-state index in [1.54, 1.807) is 6.20 Å². The standard InChI is InChI=1S/C9H10N2/c1-3-8(7-10-5-1)9-4-2-6-11-9/h1,3,5-7,9H,2,4H2/t9-/m1/s1. The van der Waals surface area contributed by atoms with Gasteiger partial charge in [-0.25, -0.2) is 0 Å². The van der Waals surface area contributed by atoms with Crippen molar-refractivity contribution in [2.24, 2.45) is 4.99 Å². The van der Waals surface area contributed by atoms with Gasteiger partial charge in [-0.05, 0) is 30.7 Å². The van der Waals surface area contributed by atoms with Crippen LogP contribution in [0.4, 0.5) is 0 Å².